The highest BCUT2D eigenvalue weighted by atomic mass is 19.4. The first-order valence-corrected chi connectivity index (χ1v) is 6.79. The number of nitrogens with zero attached hydrogens (tertiary/aromatic N) is 6. The van der Waals surface area contributed by atoms with Crippen LogP contribution in [0.4, 0.5) is 24.8 Å². The first-order valence-electron chi connectivity index (χ1n) is 6.79. The molecule has 0 unspecified atom stereocenters. The van der Waals surface area contributed by atoms with Crippen molar-refractivity contribution in [3.05, 3.63) is 30.4 Å². The third-order valence-electron chi connectivity index (χ3n) is 3.44. The van der Waals surface area contributed by atoms with Crippen LogP contribution >= 0.6 is 0 Å². The lowest BCUT2D eigenvalue weighted by Crippen LogP contribution is -2.51. The number of carbonyl (C=O) groups is 1. The van der Waals surface area contributed by atoms with E-state index in [4.69, 9.17) is 0 Å². The zero-order valence-corrected chi connectivity index (χ0v) is 12.2. The molecule has 1 aliphatic rings. The maximum absolute atomic E-state index is 12.7. The van der Waals surface area contributed by atoms with Crippen molar-refractivity contribution in [1.29, 1.82) is 0 Å². The number of carbonyl (C=O) groups excluding carboxylic acids is 1. The molecule has 0 bridgehead atoms. The smallest absolute Gasteiger partial charge is 0.330 e. The van der Waals surface area contributed by atoms with E-state index in [9.17, 15) is 18.0 Å². The Morgan fingerprint density at radius 1 is 1.26 bits per heavy atom. The van der Waals surface area contributed by atoms with Crippen molar-refractivity contribution in [2.24, 2.45) is 7.05 Å². The van der Waals surface area contributed by atoms with E-state index in [0.717, 1.165) is 12.3 Å². The lowest BCUT2D eigenvalue weighted by Gasteiger charge is -2.33. The summed E-state index contributed by atoms with van der Waals surface area (Å²) in [5.74, 6) is -0.343. The van der Waals surface area contributed by atoms with Gasteiger partial charge in [-0.3, -0.25) is 9.48 Å². The molecular weight excluding hydrogens is 313 g/mol. The number of aromatic nitrogens is 4. The van der Waals surface area contributed by atoms with Crippen LogP contribution in [0.2, 0.25) is 0 Å². The zero-order valence-electron chi connectivity index (χ0n) is 12.2. The molecular formula is C13H13F3N6O. The van der Waals surface area contributed by atoms with E-state index in [1.165, 1.54) is 9.80 Å². The van der Waals surface area contributed by atoms with Crippen molar-refractivity contribution < 1.29 is 18.0 Å². The fraction of sp³-hybridized carbons (Fsp3) is 0.385. The number of hydrogen-bond acceptors (Lipinski definition) is 5. The first-order chi connectivity index (χ1) is 10.8. The number of alkyl halides is 3. The Morgan fingerprint density at radius 2 is 2.04 bits per heavy atom. The van der Waals surface area contributed by atoms with Crippen LogP contribution in [0.1, 0.15) is 5.69 Å². The molecule has 0 aromatic carbocycles. The molecule has 10 heteroatoms. The van der Waals surface area contributed by atoms with E-state index in [-0.39, 0.29) is 18.4 Å². The summed E-state index contributed by atoms with van der Waals surface area (Å²) in [5.41, 5.74) is -0.369. The van der Waals surface area contributed by atoms with E-state index in [1.54, 1.807) is 24.1 Å². The summed E-state index contributed by atoms with van der Waals surface area (Å²) in [5, 5.41) is 4.00. The minimum Gasteiger partial charge on any atom is -0.330 e. The van der Waals surface area contributed by atoms with Crippen LogP contribution in [0, 0.1) is 0 Å². The molecule has 0 aliphatic carbocycles. The van der Waals surface area contributed by atoms with Crippen molar-refractivity contribution in [3.63, 3.8) is 0 Å². The SMILES string of the molecule is Cn1cc(N2CCN(c3nccc(C(F)(F)F)n3)CC2=O)cn1. The van der Waals surface area contributed by atoms with Gasteiger partial charge in [0.1, 0.15) is 12.2 Å². The molecule has 23 heavy (non-hydrogen) atoms. The Morgan fingerprint density at radius 3 is 2.65 bits per heavy atom. The molecule has 122 valence electrons. The summed E-state index contributed by atoms with van der Waals surface area (Å²) < 4.78 is 39.7. The van der Waals surface area contributed by atoms with Crippen LogP contribution in [0.25, 0.3) is 0 Å². The Bertz CT molecular complexity index is 728. The Kier molecular flexibility index (Phi) is 3.66. The molecule has 0 radical (unpaired) electrons. The lowest BCUT2D eigenvalue weighted by atomic mass is 10.3. The number of hydrogen-bond donors (Lipinski definition) is 0. The first kappa shape index (κ1) is 15.3. The molecule has 1 fully saturated rings. The topological polar surface area (TPSA) is 67.2 Å². The summed E-state index contributed by atoms with van der Waals surface area (Å²) in [6, 6.07) is 0.803. The van der Waals surface area contributed by atoms with Crippen LogP contribution in [0.3, 0.4) is 0 Å². The molecule has 0 atom stereocenters. The van der Waals surface area contributed by atoms with Gasteiger partial charge in [0.05, 0.1) is 11.9 Å². The molecule has 1 amide bonds. The van der Waals surface area contributed by atoms with E-state index < -0.39 is 11.9 Å². The molecule has 1 aliphatic heterocycles. The summed E-state index contributed by atoms with van der Waals surface area (Å²) in [6.07, 6.45) is -0.231. The number of rotatable bonds is 2. The predicted molar refractivity (Wildman–Crippen MR) is 74.8 cm³/mol. The van der Waals surface area contributed by atoms with Gasteiger partial charge in [0, 0.05) is 32.5 Å². The van der Waals surface area contributed by atoms with Gasteiger partial charge in [-0.2, -0.15) is 18.3 Å². The molecule has 0 N–H and O–H groups in total. The standard InChI is InChI=1S/C13H13F3N6O/c1-20-7-9(6-18-20)22-5-4-21(8-11(22)23)12-17-3-2-10(19-12)13(14,15)16/h2-3,6-7H,4-5,8H2,1H3. The second kappa shape index (κ2) is 5.52. The third-order valence-corrected chi connectivity index (χ3v) is 3.44. The molecule has 0 spiro atoms. The van der Waals surface area contributed by atoms with Crippen molar-refractivity contribution in [3.8, 4) is 0 Å². The van der Waals surface area contributed by atoms with Crippen molar-refractivity contribution >= 4 is 17.5 Å². The zero-order chi connectivity index (χ0) is 16.6. The largest absolute Gasteiger partial charge is 0.433 e. The fourth-order valence-corrected chi connectivity index (χ4v) is 2.32. The second-order valence-corrected chi connectivity index (χ2v) is 5.08. The number of piperazine rings is 1. The van der Waals surface area contributed by atoms with Gasteiger partial charge < -0.3 is 9.80 Å². The van der Waals surface area contributed by atoms with Gasteiger partial charge in [-0.25, -0.2) is 9.97 Å². The van der Waals surface area contributed by atoms with Gasteiger partial charge in [0.2, 0.25) is 11.9 Å². The Balaban J connectivity index is 1.76. The molecule has 3 heterocycles. The van der Waals surface area contributed by atoms with Crippen LogP contribution in [-0.4, -0.2) is 45.3 Å². The van der Waals surface area contributed by atoms with Crippen molar-refractivity contribution in [2.75, 3.05) is 29.4 Å². The molecule has 7 nitrogen and oxygen atoms in total. The van der Waals surface area contributed by atoms with Gasteiger partial charge in [-0.05, 0) is 6.07 Å². The van der Waals surface area contributed by atoms with Gasteiger partial charge in [-0.15, -0.1) is 0 Å². The number of amides is 1. The number of anilines is 2. The maximum Gasteiger partial charge on any atom is 0.433 e. The normalized spacial score (nSPS) is 16.1. The Labute approximate surface area is 129 Å². The van der Waals surface area contributed by atoms with Crippen LogP contribution in [-0.2, 0) is 18.0 Å². The van der Waals surface area contributed by atoms with E-state index in [1.807, 2.05) is 0 Å². The summed E-state index contributed by atoms with van der Waals surface area (Å²) in [4.78, 5) is 22.6. The van der Waals surface area contributed by atoms with Gasteiger partial charge in [0.15, 0.2) is 0 Å². The number of halogens is 3. The Hall–Kier alpha value is -2.65. The predicted octanol–water partition coefficient (Wildman–Crippen LogP) is 1.08. The van der Waals surface area contributed by atoms with E-state index >= 15 is 0 Å². The van der Waals surface area contributed by atoms with Gasteiger partial charge in [0.25, 0.3) is 0 Å². The quantitative estimate of drug-likeness (QED) is 0.826. The summed E-state index contributed by atoms with van der Waals surface area (Å²) in [6.45, 7) is 0.572. The molecule has 0 saturated carbocycles. The number of aryl methyl sites for hydroxylation is 1. The van der Waals surface area contributed by atoms with E-state index in [2.05, 4.69) is 15.1 Å². The summed E-state index contributed by atoms with van der Waals surface area (Å²) in [7, 11) is 1.74. The van der Waals surface area contributed by atoms with E-state index in [0.29, 0.717) is 18.8 Å². The molecule has 3 rings (SSSR count). The second-order valence-electron chi connectivity index (χ2n) is 5.08. The maximum atomic E-state index is 12.7. The monoisotopic (exact) mass is 326 g/mol. The highest BCUT2D eigenvalue weighted by Gasteiger charge is 2.34. The molecule has 1 saturated heterocycles. The lowest BCUT2D eigenvalue weighted by molar-refractivity contribution is -0.141. The van der Waals surface area contributed by atoms with Crippen LogP contribution in [0.5, 0.6) is 0 Å². The highest BCUT2D eigenvalue weighted by Crippen LogP contribution is 2.28. The average Bonchev–Trinajstić information content (AvgIpc) is 2.93. The third kappa shape index (κ3) is 3.10. The molecule has 2 aromatic heterocycles. The highest BCUT2D eigenvalue weighted by molar-refractivity contribution is 5.97. The van der Waals surface area contributed by atoms with Crippen molar-refractivity contribution in [1.82, 2.24) is 19.7 Å². The summed E-state index contributed by atoms with van der Waals surface area (Å²) >= 11 is 0. The van der Waals surface area contributed by atoms with Crippen molar-refractivity contribution in [2.45, 2.75) is 6.18 Å². The fourth-order valence-electron chi connectivity index (χ4n) is 2.32. The molecule has 2 aromatic rings. The van der Waals surface area contributed by atoms with Gasteiger partial charge in [-0.1, -0.05) is 0 Å². The van der Waals surface area contributed by atoms with Crippen LogP contribution < -0.4 is 9.80 Å². The average molecular weight is 326 g/mol. The minimum absolute atomic E-state index is 0.0871. The van der Waals surface area contributed by atoms with Gasteiger partial charge >= 0.3 is 6.18 Å². The minimum atomic E-state index is -4.54. The van der Waals surface area contributed by atoms with Crippen LogP contribution in [0.15, 0.2) is 24.7 Å².